The first kappa shape index (κ1) is 20.0. The van der Waals surface area contributed by atoms with Crippen LogP contribution in [-0.2, 0) is 13.0 Å². The van der Waals surface area contributed by atoms with E-state index in [4.69, 9.17) is 33.7 Å². The molecule has 0 fully saturated rings. The number of amides is 1. The summed E-state index contributed by atoms with van der Waals surface area (Å²) in [6.07, 6.45) is 3.79. The van der Waals surface area contributed by atoms with Crippen molar-refractivity contribution in [3.63, 3.8) is 0 Å². The van der Waals surface area contributed by atoms with Crippen molar-refractivity contribution in [3.8, 4) is 5.75 Å². The Morgan fingerprint density at radius 2 is 2.00 bits per heavy atom. The number of aryl methyl sites for hydroxylation is 1. The summed E-state index contributed by atoms with van der Waals surface area (Å²) >= 11 is 12.3. The second kappa shape index (κ2) is 8.95. The van der Waals surface area contributed by atoms with Crippen LogP contribution in [0.25, 0.3) is 0 Å². The van der Waals surface area contributed by atoms with Crippen molar-refractivity contribution in [2.75, 3.05) is 12.3 Å². The summed E-state index contributed by atoms with van der Waals surface area (Å²) < 4.78 is 5.70. The number of pyridine rings is 1. The molecule has 3 rings (SSSR count). The van der Waals surface area contributed by atoms with E-state index in [0.29, 0.717) is 34.1 Å². The summed E-state index contributed by atoms with van der Waals surface area (Å²) in [7, 11) is 0. The highest BCUT2D eigenvalue weighted by molar-refractivity contribution is 6.35. The molecule has 4 N–H and O–H groups in total. The van der Waals surface area contributed by atoms with Crippen LogP contribution in [0.1, 0.15) is 27.4 Å². The van der Waals surface area contributed by atoms with Gasteiger partial charge in [-0.3, -0.25) is 4.79 Å². The van der Waals surface area contributed by atoms with Crippen LogP contribution in [0.15, 0.2) is 36.7 Å². The zero-order valence-electron chi connectivity index (χ0n) is 15.1. The molecule has 1 aromatic carbocycles. The Morgan fingerprint density at radius 1 is 1.25 bits per heavy atom. The summed E-state index contributed by atoms with van der Waals surface area (Å²) in [6.45, 7) is 2.43. The van der Waals surface area contributed by atoms with Crippen molar-refractivity contribution in [1.29, 1.82) is 0 Å². The number of nitrogens with one attached hydrogen (secondary N) is 2. The second-order valence-electron chi connectivity index (χ2n) is 6.10. The minimum absolute atomic E-state index is 0.106. The molecule has 0 saturated carbocycles. The maximum atomic E-state index is 12.4. The van der Waals surface area contributed by atoms with Gasteiger partial charge in [-0.25, -0.2) is 9.97 Å². The third-order valence-electron chi connectivity index (χ3n) is 4.01. The quantitative estimate of drug-likeness (QED) is 0.542. The molecule has 0 spiro atoms. The van der Waals surface area contributed by atoms with Gasteiger partial charge in [-0.05, 0) is 25.1 Å². The van der Waals surface area contributed by atoms with Crippen LogP contribution < -0.4 is 15.8 Å². The number of hydrogen-bond acceptors (Lipinski definition) is 5. The van der Waals surface area contributed by atoms with Crippen LogP contribution in [0.2, 0.25) is 10.0 Å². The molecule has 0 atom stereocenters. The van der Waals surface area contributed by atoms with E-state index in [1.807, 2.05) is 6.92 Å². The highest BCUT2D eigenvalue weighted by Crippen LogP contribution is 2.27. The first-order chi connectivity index (χ1) is 13.4. The summed E-state index contributed by atoms with van der Waals surface area (Å²) in [6, 6.07) is 6.74. The number of rotatable bonds is 7. The van der Waals surface area contributed by atoms with Gasteiger partial charge in [0.1, 0.15) is 12.4 Å². The van der Waals surface area contributed by atoms with Gasteiger partial charge in [-0.1, -0.05) is 29.3 Å². The molecule has 9 heteroatoms. The number of anilines is 1. The highest BCUT2D eigenvalue weighted by atomic mass is 35.5. The number of halogens is 2. The zero-order valence-corrected chi connectivity index (χ0v) is 16.6. The molecular formula is C19H19Cl2N5O2. The number of imidazole rings is 1. The van der Waals surface area contributed by atoms with Gasteiger partial charge in [-0.15, -0.1) is 0 Å². The van der Waals surface area contributed by atoms with Gasteiger partial charge in [0.15, 0.2) is 11.6 Å². The number of aromatic nitrogens is 3. The number of H-pyrrole nitrogens is 1. The van der Waals surface area contributed by atoms with Crippen molar-refractivity contribution < 1.29 is 9.53 Å². The summed E-state index contributed by atoms with van der Waals surface area (Å²) in [4.78, 5) is 23.6. The van der Waals surface area contributed by atoms with E-state index in [9.17, 15) is 4.79 Å². The molecule has 146 valence electrons. The van der Waals surface area contributed by atoms with Crippen LogP contribution in [0, 0.1) is 6.92 Å². The predicted molar refractivity (Wildman–Crippen MR) is 109 cm³/mol. The van der Waals surface area contributed by atoms with Gasteiger partial charge >= 0.3 is 0 Å². The van der Waals surface area contributed by atoms with E-state index < -0.39 is 0 Å². The zero-order chi connectivity index (χ0) is 20.1. The Morgan fingerprint density at radius 3 is 2.68 bits per heavy atom. The van der Waals surface area contributed by atoms with Gasteiger partial charge in [0.2, 0.25) is 0 Å². The standard InChI is InChI=1S/C19H19Cl2N5O2/c1-11-24-9-13(26-11)5-6-23-19(27)12-7-17(18(22)25-8-12)28-10-14-15(20)3-2-4-16(14)21/h2-4,7-9H,5-6,10H2,1H3,(H2,22,25)(H,23,27)(H,24,26). The van der Waals surface area contributed by atoms with E-state index in [1.165, 1.54) is 6.20 Å². The van der Waals surface area contributed by atoms with Crippen LogP contribution in [0.3, 0.4) is 0 Å². The molecule has 0 unspecified atom stereocenters. The van der Waals surface area contributed by atoms with Gasteiger partial charge in [0, 0.05) is 46.7 Å². The lowest BCUT2D eigenvalue weighted by Gasteiger charge is -2.12. The minimum atomic E-state index is -0.274. The molecular weight excluding hydrogens is 401 g/mol. The summed E-state index contributed by atoms with van der Waals surface area (Å²) in [5, 5.41) is 3.81. The lowest BCUT2D eigenvalue weighted by atomic mass is 10.2. The number of nitrogen functional groups attached to an aromatic ring is 1. The van der Waals surface area contributed by atoms with E-state index in [0.717, 1.165) is 11.5 Å². The normalized spacial score (nSPS) is 10.7. The fraction of sp³-hybridized carbons (Fsp3) is 0.211. The first-order valence-electron chi connectivity index (χ1n) is 8.54. The number of carbonyl (C=O) groups is 1. The average molecular weight is 420 g/mol. The third kappa shape index (κ3) is 4.94. The maximum Gasteiger partial charge on any atom is 0.252 e. The molecule has 7 nitrogen and oxygen atoms in total. The summed E-state index contributed by atoms with van der Waals surface area (Å²) in [5.41, 5.74) is 7.79. The lowest BCUT2D eigenvalue weighted by Crippen LogP contribution is -2.26. The van der Waals surface area contributed by atoms with Crippen molar-refractivity contribution in [3.05, 3.63) is 69.3 Å². The molecule has 0 aliphatic rings. The smallest absolute Gasteiger partial charge is 0.252 e. The largest absolute Gasteiger partial charge is 0.485 e. The van der Waals surface area contributed by atoms with E-state index in [2.05, 4.69) is 20.3 Å². The second-order valence-corrected chi connectivity index (χ2v) is 6.91. The fourth-order valence-electron chi connectivity index (χ4n) is 2.53. The first-order valence-corrected chi connectivity index (χ1v) is 9.29. The number of hydrogen-bond donors (Lipinski definition) is 3. The molecule has 0 saturated heterocycles. The van der Waals surface area contributed by atoms with Gasteiger partial charge in [0.25, 0.3) is 5.91 Å². The van der Waals surface area contributed by atoms with Crippen LogP contribution in [-0.4, -0.2) is 27.4 Å². The predicted octanol–water partition coefficient (Wildman–Crippen LogP) is 3.55. The van der Waals surface area contributed by atoms with Crippen molar-refractivity contribution in [2.24, 2.45) is 0 Å². The van der Waals surface area contributed by atoms with Crippen molar-refractivity contribution >= 4 is 34.9 Å². The van der Waals surface area contributed by atoms with Gasteiger partial charge in [-0.2, -0.15) is 0 Å². The number of carbonyl (C=O) groups excluding carboxylic acids is 1. The van der Waals surface area contributed by atoms with Gasteiger partial charge < -0.3 is 20.8 Å². The molecule has 0 radical (unpaired) electrons. The Kier molecular flexibility index (Phi) is 6.38. The number of ether oxygens (including phenoxy) is 1. The van der Waals surface area contributed by atoms with Gasteiger partial charge in [0.05, 0.1) is 5.56 Å². The Balaban J connectivity index is 1.62. The van der Waals surface area contributed by atoms with E-state index in [1.54, 1.807) is 30.5 Å². The van der Waals surface area contributed by atoms with Crippen molar-refractivity contribution in [2.45, 2.75) is 20.0 Å². The minimum Gasteiger partial charge on any atom is -0.485 e. The molecule has 2 aromatic heterocycles. The number of aromatic amines is 1. The number of benzene rings is 1. The third-order valence-corrected chi connectivity index (χ3v) is 4.72. The lowest BCUT2D eigenvalue weighted by molar-refractivity contribution is 0.0953. The average Bonchev–Trinajstić information content (AvgIpc) is 3.07. The van der Waals surface area contributed by atoms with Crippen molar-refractivity contribution in [1.82, 2.24) is 20.3 Å². The SMILES string of the molecule is Cc1ncc(CCNC(=O)c2cnc(N)c(OCc3c(Cl)cccc3Cl)c2)[nH]1. The maximum absolute atomic E-state index is 12.4. The Hall–Kier alpha value is -2.77. The highest BCUT2D eigenvalue weighted by Gasteiger charge is 2.12. The molecule has 0 aliphatic heterocycles. The molecule has 0 aliphatic carbocycles. The fourth-order valence-corrected chi connectivity index (χ4v) is 3.03. The summed E-state index contributed by atoms with van der Waals surface area (Å²) in [5.74, 6) is 1.02. The van der Waals surface area contributed by atoms with Crippen LogP contribution in [0.4, 0.5) is 5.82 Å². The number of nitrogens with two attached hydrogens (primary N) is 1. The molecule has 2 heterocycles. The van der Waals surface area contributed by atoms with Crippen LogP contribution in [0.5, 0.6) is 5.75 Å². The topological polar surface area (TPSA) is 106 Å². The van der Waals surface area contributed by atoms with E-state index >= 15 is 0 Å². The number of nitrogens with zero attached hydrogens (tertiary/aromatic N) is 2. The molecule has 1 amide bonds. The Labute approximate surface area is 172 Å². The van der Waals surface area contributed by atoms with Crippen LogP contribution >= 0.6 is 23.2 Å². The molecule has 3 aromatic rings. The molecule has 28 heavy (non-hydrogen) atoms. The Bertz CT molecular complexity index is 970. The molecule has 0 bridgehead atoms. The van der Waals surface area contributed by atoms with E-state index in [-0.39, 0.29) is 24.1 Å². The monoisotopic (exact) mass is 419 g/mol.